The fourth-order valence-corrected chi connectivity index (χ4v) is 5.50. The van der Waals surface area contributed by atoms with Crippen molar-refractivity contribution in [1.82, 2.24) is 19.8 Å². The molecule has 2 heterocycles. The van der Waals surface area contributed by atoms with Crippen molar-refractivity contribution in [2.45, 2.75) is 51.4 Å². The maximum Gasteiger partial charge on any atom is 0.0991 e. The van der Waals surface area contributed by atoms with Crippen LogP contribution in [0, 0.1) is 11.3 Å². The molecule has 2 aromatic rings. The highest BCUT2D eigenvalue weighted by molar-refractivity contribution is 5.34. The molecule has 1 aliphatic carbocycles. The summed E-state index contributed by atoms with van der Waals surface area (Å²) in [5.41, 5.74) is 2.65. The van der Waals surface area contributed by atoms with Crippen LogP contribution < -0.4 is 5.32 Å². The van der Waals surface area contributed by atoms with Crippen LogP contribution in [0.2, 0.25) is 0 Å². The smallest absolute Gasteiger partial charge is 0.0991 e. The number of hydrogen-bond donors (Lipinski definition) is 2. The van der Waals surface area contributed by atoms with Crippen LogP contribution in [0.5, 0.6) is 0 Å². The van der Waals surface area contributed by atoms with Crippen LogP contribution in [-0.2, 0) is 6.54 Å². The summed E-state index contributed by atoms with van der Waals surface area (Å²) < 4.78 is 2.00. The molecule has 5 heteroatoms. The number of aromatic nitrogens is 2. The predicted molar refractivity (Wildman–Crippen MR) is 103 cm³/mol. The molecule has 0 bridgehead atoms. The van der Waals surface area contributed by atoms with Gasteiger partial charge in [-0.3, -0.25) is 0 Å². The third kappa shape index (κ3) is 3.08. The Morgan fingerprint density at radius 2 is 2.04 bits per heavy atom. The molecule has 1 saturated heterocycles. The van der Waals surface area contributed by atoms with Gasteiger partial charge in [-0.25, -0.2) is 4.98 Å². The van der Waals surface area contributed by atoms with Gasteiger partial charge in [0, 0.05) is 48.7 Å². The van der Waals surface area contributed by atoms with Crippen LogP contribution in [0.1, 0.15) is 32.3 Å². The van der Waals surface area contributed by atoms with E-state index >= 15 is 0 Å². The summed E-state index contributed by atoms with van der Waals surface area (Å²) in [5.74, 6) is 0.635. The summed E-state index contributed by atoms with van der Waals surface area (Å²) in [6.45, 7) is 6.52. The minimum atomic E-state index is -0.241. The van der Waals surface area contributed by atoms with Crippen molar-refractivity contribution in [2.24, 2.45) is 11.3 Å². The van der Waals surface area contributed by atoms with Crippen LogP contribution in [-0.4, -0.2) is 51.3 Å². The second-order valence-corrected chi connectivity index (χ2v) is 8.57. The van der Waals surface area contributed by atoms with Gasteiger partial charge in [-0.2, -0.15) is 0 Å². The molecule has 2 unspecified atom stereocenters. The summed E-state index contributed by atoms with van der Waals surface area (Å²) in [6.07, 6.45) is 7.31. The minimum Gasteiger partial charge on any atom is -0.391 e. The lowest BCUT2D eigenvalue weighted by Gasteiger charge is -2.57. The maximum atomic E-state index is 10.6. The van der Waals surface area contributed by atoms with E-state index in [2.05, 4.69) is 60.4 Å². The zero-order valence-corrected chi connectivity index (χ0v) is 16.0. The minimum absolute atomic E-state index is 0.193. The second kappa shape index (κ2) is 6.80. The van der Waals surface area contributed by atoms with Gasteiger partial charge in [0.2, 0.25) is 0 Å². The summed E-state index contributed by atoms with van der Waals surface area (Å²) in [4.78, 5) is 6.54. The largest absolute Gasteiger partial charge is 0.391 e. The van der Waals surface area contributed by atoms with Gasteiger partial charge in [0.1, 0.15) is 0 Å². The molecule has 140 valence electrons. The number of aliphatic hydroxyl groups is 1. The molecule has 2 aliphatic rings. The Balaban J connectivity index is 1.36. The Bertz CT molecular complexity index is 722. The van der Waals surface area contributed by atoms with E-state index in [1.807, 2.05) is 17.1 Å². The molecule has 0 radical (unpaired) electrons. The topological polar surface area (TPSA) is 53.3 Å². The molecule has 1 aliphatic heterocycles. The zero-order valence-electron chi connectivity index (χ0n) is 16.0. The van der Waals surface area contributed by atoms with Crippen molar-refractivity contribution in [3.8, 4) is 5.69 Å². The zero-order chi connectivity index (χ0) is 18.3. The summed E-state index contributed by atoms with van der Waals surface area (Å²) in [6, 6.07) is 9.31. The van der Waals surface area contributed by atoms with Crippen molar-refractivity contribution in [2.75, 3.05) is 13.6 Å². The fourth-order valence-electron chi connectivity index (χ4n) is 5.50. The molecular weight excluding hydrogens is 324 g/mol. The van der Waals surface area contributed by atoms with Gasteiger partial charge in [-0.1, -0.05) is 26.0 Å². The highest BCUT2D eigenvalue weighted by Gasteiger charge is 2.57. The molecule has 1 aromatic carbocycles. The Kier molecular flexibility index (Phi) is 4.63. The normalized spacial score (nSPS) is 31.7. The highest BCUT2D eigenvalue weighted by Crippen LogP contribution is 2.52. The van der Waals surface area contributed by atoms with Gasteiger partial charge in [0.25, 0.3) is 0 Å². The average molecular weight is 354 g/mol. The number of benzene rings is 1. The molecule has 1 spiro atoms. The first-order chi connectivity index (χ1) is 12.5. The first kappa shape index (κ1) is 17.7. The third-order valence-electron chi connectivity index (χ3n) is 6.31. The van der Waals surface area contributed by atoms with Gasteiger partial charge in [0.15, 0.2) is 0 Å². The van der Waals surface area contributed by atoms with Crippen molar-refractivity contribution in [3.63, 3.8) is 0 Å². The van der Waals surface area contributed by atoms with E-state index in [0.717, 1.165) is 31.6 Å². The predicted octanol–water partition coefficient (Wildman–Crippen LogP) is 2.44. The van der Waals surface area contributed by atoms with Crippen molar-refractivity contribution < 1.29 is 5.11 Å². The third-order valence-corrected chi connectivity index (χ3v) is 6.31. The van der Waals surface area contributed by atoms with E-state index < -0.39 is 0 Å². The van der Waals surface area contributed by atoms with E-state index in [1.165, 1.54) is 5.56 Å². The maximum absolute atomic E-state index is 10.6. The molecule has 1 aromatic heterocycles. The van der Waals surface area contributed by atoms with Crippen LogP contribution in [0.25, 0.3) is 5.69 Å². The standard InChI is InChI=1S/C21H30N4O/c1-15(2)20-21(13-24(20)3)10-18(19(26)11-21)23-12-16-4-6-17(7-5-16)25-9-8-22-14-25/h4-9,14-15,18-20,23,26H,10-13H2,1-3H3/t18-,19-,20?,21?/m1/s1. The number of hydrogen-bond acceptors (Lipinski definition) is 4. The quantitative estimate of drug-likeness (QED) is 0.866. The highest BCUT2D eigenvalue weighted by atomic mass is 16.3. The van der Waals surface area contributed by atoms with E-state index in [4.69, 9.17) is 0 Å². The first-order valence-electron chi connectivity index (χ1n) is 9.67. The average Bonchev–Trinajstić information content (AvgIpc) is 3.22. The molecule has 2 fully saturated rings. The Hall–Kier alpha value is -1.69. The Labute approximate surface area is 156 Å². The molecule has 4 atom stereocenters. The molecule has 5 nitrogen and oxygen atoms in total. The Morgan fingerprint density at radius 1 is 1.27 bits per heavy atom. The van der Waals surface area contributed by atoms with Gasteiger partial charge in [-0.05, 0) is 43.5 Å². The molecule has 2 N–H and O–H groups in total. The van der Waals surface area contributed by atoms with Gasteiger partial charge >= 0.3 is 0 Å². The number of imidazole rings is 1. The van der Waals surface area contributed by atoms with E-state index in [-0.39, 0.29) is 12.1 Å². The monoisotopic (exact) mass is 354 g/mol. The lowest BCUT2D eigenvalue weighted by Crippen LogP contribution is -2.64. The summed E-state index contributed by atoms with van der Waals surface area (Å²) >= 11 is 0. The fraction of sp³-hybridized carbons (Fsp3) is 0.571. The van der Waals surface area contributed by atoms with Crippen molar-refractivity contribution in [3.05, 3.63) is 48.5 Å². The van der Waals surface area contributed by atoms with Gasteiger partial charge in [-0.15, -0.1) is 0 Å². The lowest BCUT2D eigenvalue weighted by atomic mass is 9.66. The summed E-state index contributed by atoms with van der Waals surface area (Å²) in [5, 5.41) is 14.2. The number of aliphatic hydroxyl groups excluding tert-OH is 1. The SMILES string of the molecule is CC(C)C1N(C)CC12C[C@@H](O)[C@H](NCc1ccc(-n3ccnc3)cc1)C2. The van der Waals surface area contributed by atoms with Crippen molar-refractivity contribution in [1.29, 1.82) is 0 Å². The number of nitrogens with one attached hydrogen (secondary N) is 1. The van der Waals surface area contributed by atoms with Crippen molar-refractivity contribution >= 4 is 0 Å². The molecule has 4 rings (SSSR count). The van der Waals surface area contributed by atoms with Gasteiger partial charge < -0.3 is 19.9 Å². The molecule has 26 heavy (non-hydrogen) atoms. The van der Waals surface area contributed by atoms with Crippen LogP contribution in [0.3, 0.4) is 0 Å². The number of likely N-dealkylation sites (tertiary alicyclic amines) is 1. The van der Waals surface area contributed by atoms with E-state index in [0.29, 0.717) is 17.4 Å². The molecule has 0 amide bonds. The lowest BCUT2D eigenvalue weighted by molar-refractivity contribution is -0.0828. The van der Waals surface area contributed by atoms with Gasteiger partial charge in [0.05, 0.1) is 12.4 Å². The number of nitrogens with zero attached hydrogens (tertiary/aromatic N) is 3. The molecular formula is C21H30N4O. The van der Waals surface area contributed by atoms with E-state index in [9.17, 15) is 5.11 Å². The van der Waals surface area contributed by atoms with Crippen LogP contribution in [0.4, 0.5) is 0 Å². The molecule has 1 saturated carbocycles. The first-order valence-corrected chi connectivity index (χ1v) is 9.67. The van der Waals surface area contributed by atoms with Crippen LogP contribution >= 0.6 is 0 Å². The summed E-state index contributed by atoms with van der Waals surface area (Å²) in [7, 11) is 2.21. The second-order valence-electron chi connectivity index (χ2n) is 8.57. The van der Waals surface area contributed by atoms with E-state index in [1.54, 1.807) is 6.20 Å². The Morgan fingerprint density at radius 3 is 2.65 bits per heavy atom. The number of rotatable bonds is 5. The van der Waals surface area contributed by atoms with Crippen LogP contribution in [0.15, 0.2) is 43.0 Å².